The van der Waals surface area contributed by atoms with Gasteiger partial charge in [0.15, 0.2) is 0 Å². The summed E-state index contributed by atoms with van der Waals surface area (Å²) < 4.78 is 0. The molecule has 0 spiro atoms. The highest BCUT2D eigenvalue weighted by Gasteiger charge is 2.06. The molecule has 16 heavy (non-hydrogen) atoms. The Kier molecular flexibility index (Phi) is 2.98. The number of aromatic nitrogens is 2. The molecule has 0 aliphatic carbocycles. The van der Waals surface area contributed by atoms with E-state index in [1.54, 1.807) is 6.20 Å². The quantitative estimate of drug-likeness (QED) is 0.718. The zero-order valence-corrected chi connectivity index (χ0v) is 8.60. The summed E-state index contributed by atoms with van der Waals surface area (Å²) in [5.74, 6) is -0.192. The van der Waals surface area contributed by atoms with Crippen molar-refractivity contribution in [2.75, 3.05) is 5.32 Å². The Balaban J connectivity index is 2.12. The van der Waals surface area contributed by atoms with Gasteiger partial charge in [0, 0.05) is 18.4 Å². The van der Waals surface area contributed by atoms with Gasteiger partial charge in [-0.05, 0) is 17.7 Å². The zero-order chi connectivity index (χ0) is 11.4. The topological polar surface area (TPSA) is 83.8 Å². The fourth-order valence-electron chi connectivity index (χ4n) is 1.35. The highest BCUT2D eigenvalue weighted by molar-refractivity contribution is 6.03. The summed E-state index contributed by atoms with van der Waals surface area (Å²) in [4.78, 5) is 11.7. The van der Waals surface area contributed by atoms with Crippen LogP contribution in [0.1, 0.15) is 15.9 Å². The molecular formula is C11H12N4O. The monoisotopic (exact) mass is 216 g/mol. The average Bonchev–Trinajstić information content (AvgIpc) is 2.83. The largest absolute Gasteiger partial charge is 0.326 e. The number of rotatable bonds is 3. The maximum atomic E-state index is 11.7. The normalized spacial score (nSPS) is 10.1. The first kappa shape index (κ1) is 10.4. The second-order valence-electron chi connectivity index (χ2n) is 3.35. The molecule has 1 heterocycles. The van der Waals surface area contributed by atoms with E-state index in [1.165, 1.54) is 6.20 Å². The number of nitrogens with two attached hydrogens (primary N) is 1. The van der Waals surface area contributed by atoms with Crippen LogP contribution < -0.4 is 11.1 Å². The lowest BCUT2D eigenvalue weighted by atomic mass is 10.2. The average molecular weight is 216 g/mol. The molecule has 0 fully saturated rings. The fraction of sp³-hybridized carbons (Fsp3) is 0.0909. The lowest BCUT2D eigenvalue weighted by Crippen LogP contribution is -2.11. The van der Waals surface area contributed by atoms with E-state index in [-0.39, 0.29) is 5.91 Å². The van der Waals surface area contributed by atoms with Crippen molar-refractivity contribution in [2.45, 2.75) is 6.54 Å². The Labute approximate surface area is 92.7 Å². The van der Waals surface area contributed by atoms with E-state index in [0.29, 0.717) is 12.1 Å². The summed E-state index contributed by atoms with van der Waals surface area (Å²) in [5, 5.41) is 9.07. The fourth-order valence-corrected chi connectivity index (χ4v) is 1.35. The van der Waals surface area contributed by atoms with Crippen molar-refractivity contribution >= 4 is 11.6 Å². The molecule has 5 nitrogen and oxygen atoms in total. The molecule has 0 radical (unpaired) electrons. The summed E-state index contributed by atoms with van der Waals surface area (Å²) in [6, 6.07) is 7.43. The van der Waals surface area contributed by atoms with Crippen LogP contribution in [0.3, 0.4) is 0 Å². The van der Waals surface area contributed by atoms with Gasteiger partial charge in [-0.2, -0.15) is 5.10 Å². The van der Waals surface area contributed by atoms with Crippen molar-refractivity contribution in [3.63, 3.8) is 0 Å². The number of benzene rings is 1. The number of aromatic amines is 1. The molecule has 0 aliphatic rings. The summed E-state index contributed by atoms with van der Waals surface area (Å²) in [6.45, 7) is 0.454. The van der Waals surface area contributed by atoms with Gasteiger partial charge >= 0.3 is 0 Å². The minimum absolute atomic E-state index is 0.192. The zero-order valence-electron chi connectivity index (χ0n) is 8.60. The number of amides is 1. The van der Waals surface area contributed by atoms with Crippen LogP contribution in [0.2, 0.25) is 0 Å². The van der Waals surface area contributed by atoms with Crippen molar-refractivity contribution in [1.82, 2.24) is 10.2 Å². The Morgan fingerprint density at radius 1 is 1.50 bits per heavy atom. The first-order valence-electron chi connectivity index (χ1n) is 4.89. The molecule has 0 saturated heterocycles. The first-order chi connectivity index (χ1) is 7.79. The van der Waals surface area contributed by atoms with Crippen LogP contribution in [-0.2, 0) is 6.54 Å². The summed E-state index contributed by atoms with van der Waals surface area (Å²) in [6.07, 6.45) is 3.02. The highest BCUT2D eigenvalue weighted by Crippen LogP contribution is 2.11. The van der Waals surface area contributed by atoms with Crippen LogP contribution in [-0.4, -0.2) is 16.1 Å². The van der Waals surface area contributed by atoms with Crippen LogP contribution in [0.4, 0.5) is 5.69 Å². The molecule has 0 atom stereocenters. The predicted molar refractivity (Wildman–Crippen MR) is 60.9 cm³/mol. The van der Waals surface area contributed by atoms with Crippen molar-refractivity contribution in [2.24, 2.45) is 5.73 Å². The molecule has 0 aliphatic heterocycles. The van der Waals surface area contributed by atoms with Gasteiger partial charge in [0.05, 0.1) is 11.8 Å². The number of nitrogens with one attached hydrogen (secondary N) is 2. The molecule has 1 aromatic carbocycles. The smallest absolute Gasteiger partial charge is 0.258 e. The van der Waals surface area contributed by atoms with E-state index < -0.39 is 0 Å². The molecule has 0 saturated carbocycles. The van der Waals surface area contributed by atoms with E-state index >= 15 is 0 Å². The lowest BCUT2D eigenvalue weighted by Gasteiger charge is -2.04. The van der Waals surface area contributed by atoms with Crippen molar-refractivity contribution in [1.29, 1.82) is 0 Å². The first-order valence-corrected chi connectivity index (χ1v) is 4.89. The molecule has 2 aromatic rings. The Morgan fingerprint density at radius 3 is 3.06 bits per heavy atom. The molecule has 82 valence electrons. The minimum Gasteiger partial charge on any atom is -0.326 e. The molecule has 5 heteroatoms. The summed E-state index contributed by atoms with van der Waals surface area (Å²) in [5.41, 5.74) is 7.72. The van der Waals surface area contributed by atoms with Gasteiger partial charge in [0.25, 0.3) is 5.91 Å². The molecule has 1 amide bonds. The summed E-state index contributed by atoms with van der Waals surface area (Å²) in [7, 11) is 0. The van der Waals surface area contributed by atoms with Crippen molar-refractivity contribution in [3.05, 3.63) is 47.8 Å². The third-order valence-corrected chi connectivity index (χ3v) is 2.18. The SMILES string of the molecule is NCc1cccc(NC(=O)c2cn[nH]c2)c1. The van der Waals surface area contributed by atoms with Crippen LogP contribution in [0, 0.1) is 0 Å². The van der Waals surface area contributed by atoms with Gasteiger partial charge in [0.1, 0.15) is 0 Å². The van der Waals surface area contributed by atoms with E-state index in [4.69, 9.17) is 5.73 Å². The lowest BCUT2D eigenvalue weighted by molar-refractivity contribution is 0.102. The molecule has 2 rings (SSSR count). The van der Waals surface area contributed by atoms with E-state index in [1.807, 2.05) is 24.3 Å². The second-order valence-corrected chi connectivity index (χ2v) is 3.35. The van der Waals surface area contributed by atoms with Gasteiger partial charge in [0.2, 0.25) is 0 Å². The van der Waals surface area contributed by atoms with E-state index in [9.17, 15) is 4.79 Å². The number of hydrogen-bond acceptors (Lipinski definition) is 3. The van der Waals surface area contributed by atoms with Gasteiger partial charge in [-0.15, -0.1) is 0 Å². The standard InChI is InChI=1S/C11H12N4O/c12-5-8-2-1-3-10(4-8)15-11(16)9-6-13-14-7-9/h1-4,6-7H,5,12H2,(H,13,14)(H,15,16). The molecular weight excluding hydrogens is 204 g/mol. The molecule has 0 bridgehead atoms. The van der Waals surface area contributed by atoms with Gasteiger partial charge in [-0.25, -0.2) is 0 Å². The Bertz CT molecular complexity index is 478. The second kappa shape index (κ2) is 4.59. The van der Waals surface area contributed by atoms with Crippen LogP contribution in [0.5, 0.6) is 0 Å². The van der Waals surface area contributed by atoms with Gasteiger partial charge < -0.3 is 11.1 Å². The third-order valence-electron chi connectivity index (χ3n) is 2.18. The maximum Gasteiger partial charge on any atom is 0.258 e. The predicted octanol–water partition coefficient (Wildman–Crippen LogP) is 1.12. The Morgan fingerprint density at radius 2 is 2.38 bits per heavy atom. The molecule has 1 aromatic heterocycles. The van der Waals surface area contributed by atoms with Gasteiger partial charge in [-0.3, -0.25) is 9.89 Å². The number of H-pyrrole nitrogens is 1. The number of carbonyl (C=O) groups excluding carboxylic acids is 1. The number of hydrogen-bond donors (Lipinski definition) is 3. The molecule has 0 unspecified atom stereocenters. The van der Waals surface area contributed by atoms with E-state index in [0.717, 1.165) is 11.3 Å². The van der Waals surface area contributed by atoms with Gasteiger partial charge in [-0.1, -0.05) is 12.1 Å². The summed E-state index contributed by atoms with van der Waals surface area (Å²) >= 11 is 0. The van der Waals surface area contributed by atoms with Crippen molar-refractivity contribution < 1.29 is 4.79 Å². The van der Waals surface area contributed by atoms with Crippen LogP contribution >= 0.6 is 0 Å². The maximum absolute atomic E-state index is 11.7. The highest BCUT2D eigenvalue weighted by atomic mass is 16.1. The van der Waals surface area contributed by atoms with Crippen molar-refractivity contribution in [3.8, 4) is 0 Å². The number of anilines is 1. The van der Waals surface area contributed by atoms with Crippen LogP contribution in [0.25, 0.3) is 0 Å². The van der Waals surface area contributed by atoms with Crippen LogP contribution in [0.15, 0.2) is 36.7 Å². The third kappa shape index (κ3) is 2.26. The number of nitrogens with zero attached hydrogens (tertiary/aromatic N) is 1. The number of carbonyl (C=O) groups is 1. The van der Waals surface area contributed by atoms with E-state index in [2.05, 4.69) is 15.5 Å². The molecule has 4 N–H and O–H groups in total. The minimum atomic E-state index is -0.192. The Hall–Kier alpha value is -2.14.